The molecule has 21 heavy (non-hydrogen) atoms. The zero-order valence-electron chi connectivity index (χ0n) is 13.2. The fourth-order valence-electron chi connectivity index (χ4n) is 4.01. The van der Waals surface area contributed by atoms with Crippen LogP contribution in [0.15, 0.2) is 24.3 Å². The van der Waals surface area contributed by atoms with E-state index in [4.69, 9.17) is 17.4 Å². The Hall–Kier alpha value is -0.610. The highest BCUT2D eigenvalue weighted by Gasteiger charge is 2.44. The van der Waals surface area contributed by atoms with Crippen LogP contribution in [0.2, 0.25) is 5.02 Å². The zero-order valence-corrected chi connectivity index (χ0v) is 14.0. The van der Waals surface area contributed by atoms with E-state index in [0.29, 0.717) is 0 Å². The molecule has 4 heteroatoms. The smallest absolute Gasteiger partial charge is 0.0438 e. The summed E-state index contributed by atoms with van der Waals surface area (Å²) in [5.74, 6) is 5.96. The Morgan fingerprint density at radius 2 is 1.86 bits per heavy atom. The van der Waals surface area contributed by atoms with E-state index in [1.807, 2.05) is 18.2 Å². The molecule has 0 radical (unpaired) electrons. The quantitative estimate of drug-likeness (QED) is 0.599. The molecule has 1 atom stereocenters. The Labute approximate surface area is 133 Å². The molecule has 1 aliphatic rings. The van der Waals surface area contributed by atoms with Crippen molar-refractivity contribution < 1.29 is 0 Å². The third-order valence-corrected chi connectivity index (χ3v) is 5.46. The maximum Gasteiger partial charge on any atom is 0.0438 e. The molecule has 1 aromatic rings. The minimum absolute atomic E-state index is 0.164. The van der Waals surface area contributed by atoms with Gasteiger partial charge in [0, 0.05) is 16.6 Å². The summed E-state index contributed by atoms with van der Waals surface area (Å²) in [6, 6.07) is 8.33. The first-order valence-electron chi connectivity index (χ1n) is 8.12. The Morgan fingerprint density at radius 3 is 2.38 bits per heavy atom. The van der Waals surface area contributed by atoms with Crippen molar-refractivity contribution in [1.82, 2.24) is 10.3 Å². The average Bonchev–Trinajstić information content (AvgIpc) is 2.98. The van der Waals surface area contributed by atoms with Crippen LogP contribution >= 0.6 is 11.6 Å². The lowest BCUT2D eigenvalue weighted by Gasteiger charge is -2.46. The highest BCUT2D eigenvalue weighted by molar-refractivity contribution is 6.31. The van der Waals surface area contributed by atoms with Gasteiger partial charge in [-0.3, -0.25) is 16.2 Å². The largest absolute Gasteiger partial charge is 0.297 e. The zero-order chi connectivity index (χ0) is 15.3. The van der Waals surface area contributed by atoms with Crippen LogP contribution < -0.4 is 11.3 Å². The van der Waals surface area contributed by atoms with Crippen LogP contribution in [0.25, 0.3) is 0 Å². The number of hydrazine groups is 1. The molecule has 118 valence electrons. The summed E-state index contributed by atoms with van der Waals surface area (Å²) in [5, 5.41) is 0.838. The van der Waals surface area contributed by atoms with E-state index >= 15 is 0 Å². The summed E-state index contributed by atoms with van der Waals surface area (Å²) < 4.78 is 0. The molecule has 0 saturated heterocycles. The van der Waals surface area contributed by atoms with Crippen LogP contribution in [0, 0.1) is 0 Å². The number of nitrogens with two attached hydrogens (primary N) is 1. The van der Waals surface area contributed by atoms with Crippen molar-refractivity contribution in [3.05, 3.63) is 34.9 Å². The number of rotatable bonds is 7. The summed E-state index contributed by atoms with van der Waals surface area (Å²) in [7, 11) is 0. The molecule has 1 aromatic carbocycles. The van der Waals surface area contributed by atoms with E-state index in [2.05, 4.69) is 30.2 Å². The van der Waals surface area contributed by atoms with Gasteiger partial charge in [-0.05, 0) is 44.0 Å². The summed E-state index contributed by atoms with van der Waals surface area (Å²) in [5.41, 5.74) is 4.45. The van der Waals surface area contributed by atoms with E-state index in [9.17, 15) is 0 Å². The molecular formula is C17H28ClN3. The number of nitrogens with one attached hydrogen (secondary N) is 1. The molecule has 2 rings (SSSR count). The van der Waals surface area contributed by atoms with Crippen LogP contribution in [0.1, 0.15) is 45.1 Å². The van der Waals surface area contributed by atoms with Crippen LogP contribution in [-0.2, 0) is 6.42 Å². The number of benzene rings is 1. The highest BCUT2D eigenvalue weighted by atomic mass is 35.5. The van der Waals surface area contributed by atoms with Crippen LogP contribution in [0.4, 0.5) is 0 Å². The monoisotopic (exact) mass is 309 g/mol. The normalized spacial score (nSPS) is 19.1. The predicted molar refractivity (Wildman–Crippen MR) is 90.4 cm³/mol. The molecule has 0 aliphatic heterocycles. The third kappa shape index (κ3) is 3.42. The Balaban J connectivity index is 2.26. The summed E-state index contributed by atoms with van der Waals surface area (Å²) in [4.78, 5) is 2.58. The second-order valence-electron chi connectivity index (χ2n) is 6.00. The van der Waals surface area contributed by atoms with Crippen LogP contribution in [-0.4, -0.2) is 29.6 Å². The van der Waals surface area contributed by atoms with Gasteiger partial charge in [-0.25, -0.2) is 0 Å². The Kier molecular flexibility index (Phi) is 6.06. The summed E-state index contributed by atoms with van der Waals surface area (Å²) in [6.07, 6.45) is 5.89. The topological polar surface area (TPSA) is 41.3 Å². The molecular weight excluding hydrogens is 282 g/mol. The number of likely N-dealkylation sites (N-methyl/N-ethyl adjacent to an activating group) is 1. The molecule has 1 aliphatic carbocycles. The first-order valence-corrected chi connectivity index (χ1v) is 8.50. The number of hydrogen-bond donors (Lipinski definition) is 2. The second-order valence-corrected chi connectivity index (χ2v) is 6.40. The van der Waals surface area contributed by atoms with Gasteiger partial charge >= 0.3 is 0 Å². The molecule has 0 spiro atoms. The van der Waals surface area contributed by atoms with E-state index in [-0.39, 0.29) is 11.6 Å². The molecule has 3 N–H and O–H groups in total. The van der Waals surface area contributed by atoms with Crippen molar-refractivity contribution in [2.24, 2.45) is 5.84 Å². The lowest BCUT2D eigenvalue weighted by Crippen LogP contribution is -2.62. The summed E-state index contributed by atoms with van der Waals surface area (Å²) in [6.45, 7) is 6.62. The molecule has 1 unspecified atom stereocenters. The first-order chi connectivity index (χ1) is 10.2. The van der Waals surface area contributed by atoms with Crippen molar-refractivity contribution in [1.29, 1.82) is 0 Å². The predicted octanol–water partition coefficient (Wildman–Crippen LogP) is 3.37. The Morgan fingerprint density at radius 1 is 1.24 bits per heavy atom. The molecule has 1 fully saturated rings. The van der Waals surface area contributed by atoms with Gasteiger partial charge < -0.3 is 0 Å². The van der Waals surface area contributed by atoms with E-state index < -0.39 is 0 Å². The van der Waals surface area contributed by atoms with Crippen molar-refractivity contribution >= 4 is 11.6 Å². The lowest BCUT2D eigenvalue weighted by molar-refractivity contribution is 0.0630. The van der Waals surface area contributed by atoms with Gasteiger partial charge in [0.25, 0.3) is 0 Å². The Bertz CT molecular complexity index is 439. The van der Waals surface area contributed by atoms with Gasteiger partial charge in [0.05, 0.1) is 0 Å². The van der Waals surface area contributed by atoms with Gasteiger partial charge in [0.2, 0.25) is 0 Å². The van der Waals surface area contributed by atoms with Crippen molar-refractivity contribution in [2.75, 3.05) is 13.1 Å². The van der Waals surface area contributed by atoms with Gasteiger partial charge in [-0.1, -0.05) is 56.5 Å². The second kappa shape index (κ2) is 7.59. The fraction of sp³-hybridized carbons (Fsp3) is 0.647. The first kappa shape index (κ1) is 16.8. The minimum atomic E-state index is 0.164. The van der Waals surface area contributed by atoms with E-state index in [1.165, 1.54) is 31.2 Å². The van der Waals surface area contributed by atoms with Crippen LogP contribution in [0.3, 0.4) is 0 Å². The molecule has 0 amide bonds. The molecule has 0 aromatic heterocycles. The minimum Gasteiger partial charge on any atom is -0.297 e. The lowest BCUT2D eigenvalue weighted by atomic mass is 9.82. The maximum atomic E-state index is 6.34. The van der Waals surface area contributed by atoms with Gasteiger partial charge in [-0.2, -0.15) is 0 Å². The number of nitrogens with zero attached hydrogens (tertiary/aromatic N) is 1. The molecule has 0 bridgehead atoms. The average molecular weight is 310 g/mol. The number of hydrogen-bond acceptors (Lipinski definition) is 3. The van der Waals surface area contributed by atoms with E-state index in [0.717, 1.165) is 24.5 Å². The fourth-order valence-corrected chi connectivity index (χ4v) is 4.23. The highest BCUT2D eigenvalue weighted by Crippen LogP contribution is 2.39. The number of halogens is 1. The third-order valence-electron chi connectivity index (χ3n) is 5.09. The molecule has 1 saturated carbocycles. The molecule has 0 heterocycles. The van der Waals surface area contributed by atoms with Gasteiger partial charge in [0.15, 0.2) is 0 Å². The standard InChI is InChI=1S/C17H28ClN3/c1-3-21(4-2)17(11-7-8-12-17)16(20-19)13-14-9-5-6-10-15(14)18/h5-6,9-10,16,20H,3-4,7-8,11-13,19H2,1-2H3. The summed E-state index contributed by atoms with van der Waals surface area (Å²) >= 11 is 6.34. The SMILES string of the molecule is CCN(CC)C1(C(Cc2ccccc2Cl)NN)CCCC1. The van der Waals surface area contributed by atoms with Crippen molar-refractivity contribution in [3.63, 3.8) is 0 Å². The maximum absolute atomic E-state index is 6.34. The van der Waals surface area contributed by atoms with Gasteiger partial charge in [-0.15, -0.1) is 0 Å². The van der Waals surface area contributed by atoms with Crippen LogP contribution in [0.5, 0.6) is 0 Å². The van der Waals surface area contributed by atoms with E-state index in [1.54, 1.807) is 0 Å². The van der Waals surface area contributed by atoms with Gasteiger partial charge in [0.1, 0.15) is 0 Å². The van der Waals surface area contributed by atoms with Crippen molar-refractivity contribution in [2.45, 2.75) is 57.5 Å². The molecule has 3 nitrogen and oxygen atoms in total. The van der Waals surface area contributed by atoms with Crippen molar-refractivity contribution in [3.8, 4) is 0 Å².